The number of nitrogens with zero attached hydrogens (tertiary/aromatic N) is 3. The van der Waals surface area contributed by atoms with Crippen LogP contribution in [0.15, 0.2) is 48.9 Å². The highest BCUT2D eigenvalue weighted by molar-refractivity contribution is 6.33. The second-order valence-electron chi connectivity index (χ2n) is 5.73. The van der Waals surface area contributed by atoms with E-state index >= 15 is 0 Å². The summed E-state index contributed by atoms with van der Waals surface area (Å²) in [5.74, 6) is 0. The molecule has 2 aromatic heterocycles. The fraction of sp³-hybridized carbons (Fsp3) is 0.118. The van der Waals surface area contributed by atoms with Gasteiger partial charge in [-0.15, -0.1) is 0 Å². The third-order valence-electron chi connectivity index (χ3n) is 3.67. The van der Waals surface area contributed by atoms with Crippen LogP contribution in [0.2, 0.25) is 5.02 Å². The monoisotopic (exact) mass is 434 g/mol. The summed E-state index contributed by atoms with van der Waals surface area (Å²) in [6.07, 6.45) is -6.35. The first-order valence-electron chi connectivity index (χ1n) is 7.71. The van der Waals surface area contributed by atoms with Crippen molar-refractivity contribution < 1.29 is 31.1 Å². The van der Waals surface area contributed by atoms with E-state index in [1.165, 1.54) is 6.07 Å². The number of rotatable bonds is 2. The first-order valence-corrected chi connectivity index (χ1v) is 8.09. The van der Waals surface area contributed by atoms with Crippen molar-refractivity contribution in [3.63, 3.8) is 0 Å². The topological polar surface area (TPSA) is 59.8 Å². The van der Waals surface area contributed by atoms with Crippen molar-refractivity contribution in [2.24, 2.45) is 0 Å². The number of carbonyl (C=O) groups excluding carboxylic acids is 1. The molecule has 1 N–H and O–H groups in total. The van der Waals surface area contributed by atoms with Crippen molar-refractivity contribution in [2.75, 3.05) is 5.32 Å². The number of pyridine rings is 1. The predicted molar refractivity (Wildman–Crippen MR) is 91.3 cm³/mol. The van der Waals surface area contributed by atoms with Crippen LogP contribution in [0.3, 0.4) is 0 Å². The van der Waals surface area contributed by atoms with Gasteiger partial charge < -0.3 is 5.32 Å². The maximum Gasteiger partial charge on any atom is 0.417 e. The van der Waals surface area contributed by atoms with Crippen LogP contribution in [0, 0.1) is 0 Å². The van der Waals surface area contributed by atoms with Crippen molar-refractivity contribution in [3.05, 3.63) is 65.1 Å². The average Bonchev–Trinajstić information content (AvgIpc) is 3.10. The maximum atomic E-state index is 12.7. The zero-order chi connectivity index (χ0) is 21.4. The van der Waals surface area contributed by atoms with Crippen molar-refractivity contribution in [1.29, 1.82) is 0 Å². The second kappa shape index (κ2) is 7.39. The third-order valence-corrected chi connectivity index (χ3v) is 3.96. The molecule has 2 heterocycles. The Hall–Kier alpha value is -3.08. The van der Waals surface area contributed by atoms with E-state index in [0.29, 0.717) is 12.3 Å². The minimum absolute atomic E-state index is 0.0437. The number of carbonyl (C=O) groups is 1. The Bertz CT molecular complexity index is 1060. The van der Waals surface area contributed by atoms with E-state index < -0.39 is 29.5 Å². The summed E-state index contributed by atoms with van der Waals surface area (Å²) in [6, 6.07) is 3.77. The maximum absolute atomic E-state index is 12.7. The van der Waals surface area contributed by atoms with Crippen LogP contribution in [-0.2, 0) is 12.4 Å². The van der Waals surface area contributed by atoms with Gasteiger partial charge in [-0.05, 0) is 24.3 Å². The number of nitrogens with one attached hydrogen (secondary N) is 1. The highest BCUT2D eigenvalue weighted by Crippen LogP contribution is 2.34. The summed E-state index contributed by atoms with van der Waals surface area (Å²) in [5.41, 5.74) is -2.01. The molecule has 0 saturated heterocycles. The quantitative estimate of drug-likeness (QED) is 0.525. The van der Waals surface area contributed by atoms with Gasteiger partial charge in [0.2, 0.25) is 0 Å². The van der Waals surface area contributed by atoms with E-state index in [2.05, 4.69) is 15.4 Å². The number of anilines is 1. The summed E-state index contributed by atoms with van der Waals surface area (Å²) in [5, 5.41) is 5.66. The SMILES string of the molecule is O=C(Nc1cccc(C(F)(F)F)c1)n1cc(-c2ncc(C(F)(F)F)cc2Cl)cn1. The molecule has 0 radical (unpaired) electrons. The van der Waals surface area contributed by atoms with Gasteiger partial charge in [-0.2, -0.15) is 36.1 Å². The zero-order valence-corrected chi connectivity index (χ0v) is 14.8. The van der Waals surface area contributed by atoms with Gasteiger partial charge in [0.25, 0.3) is 0 Å². The minimum atomic E-state index is -4.62. The van der Waals surface area contributed by atoms with Gasteiger partial charge in [0.15, 0.2) is 0 Å². The first kappa shape index (κ1) is 20.6. The highest BCUT2D eigenvalue weighted by atomic mass is 35.5. The molecule has 0 saturated carbocycles. The molecular weight excluding hydrogens is 426 g/mol. The molecule has 0 bridgehead atoms. The molecule has 29 heavy (non-hydrogen) atoms. The van der Waals surface area contributed by atoms with E-state index in [4.69, 9.17) is 11.6 Å². The van der Waals surface area contributed by atoms with Crippen LogP contribution in [0.4, 0.5) is 36.8 Å². The largest absolute Gasteiger partial charge is 0.417 e. The average molecular weight is 435 g/mol. The molecule has 5 nitrogen and oxygen atoms in total. The molecular formula is C17H9ClF6N4O. The van der Waals surface area contributed by atoms with Gasteiger partial charge in [0.05, 0.1) is 28.0 Å². The van der Waals surface area contributed by atoms with Crippen molar-refractivity contribution >= 4 is 23.3 Å². The number of benzene rings is 1. The number of hydrogen-bond acceptors (Lipinski definition) is 3. The van der Waals surface area contributed by atoms with E-state index in [-0.39, 0.29) is 22.0 Å². The molecule has 0 atom stereocenters. The van der Waals surface area contributed by atoms with Crippen LogP contribution in [0.1, 0.15) is 11.1 Å². The molecule has 12 heteroatoms. The Balaban J connectivity index is 1.81. The van der Waals surface area contributed by atoms with Crippen LogP contribution in [-0.4, -0.2) is 20.8 Å². The Morgan fingerprint density at radius 2 is 1.69 bits per heavy atom. The van der Waals surface area contributed by atoms with Gasteiger partial charge in [0, 0.05) is 23.6 Å². The summed E-state index contributed by atoms with van der Waals surface area (Å²) >= 11 is 5.84. The Morgan fingerprint density at radius 3 is 2.31 bits per heavy atom. The summed E-state index contributed by atoms with van der Waals surface area (Å²) in [4.78, 5) is 15.8. The van der Waals surface area contributed by atoms with Crippen molar-refractivity contribution in [2.45, 2.75) is 12.4 Å². The van der Waals surface area contributed by atoms with E-state index in [0.717, 1.165) is 35.3 Å². The van der Waals surface area contributed by atoms with Gasteiger partial charge >= 0.3 is 18.4 Å². The smallest absolute Gasteiger partial charge is 0.306 e. The van der Waals surface area contributed by atoms with Gasteiger partial charge in [-0.1, -0.05) is 17.7 Å². The van der Waals surface area contributed by atoms with Crippen molar-refractivity contribution in [3.8, 4) is 11.3 Å². The fourth-order valence-electron chi connectivity index (χ4n) is 2.32. The van der Waals surface area contributed by atoms with Gasteiger partial charge in [-0.3, -0.25) is 4.98 Å². The van der Waals surface area contributed by atoms with Gasteiger partial charge in [-0.25, -0.2) is 4.79 Å². The standard InChI is InChI=1S/C17H9ClF6N4O/c18-13-5-11(17(22,23)24)7-25-14(13)9-6-26-28(8-9)15(29)27-12-3-1-2-10(4-12)16(19,20)21/h1-8H,(H,27,29). The minimum Gasteiger partial charge on any atom is -0.306 e. The number of alkyl halides is 6. The normalized spacial score (nSPS) is 12.1. The fourth-order valence-corrected chi connectivity index (χ4v) is 2.59. The molecule has 3 rings (SSSR count). The molecule has 0 spiro atoms. The Morgan fingerprint density at radius 1 is 1.00 bits per heavy atom. The lowest BCUT2D eigenvalue weighted by Gasteiger charge is -2.09. The zero-order valence-electron chi connectivity index (χ0n) is 14.0. The molecule has 0 fully saturated rings. The highest BCUT2D eigenvalue weighted by Gasteiger charge is 2.32. The lowest BCUT2D eigenvalue weighted by molar-refractivity contribution is -0.138. The number of aromatic nitrogens is 3. The van der Waals surface area contributed by atoms with Crippen molar-refractivity contribution in [1.82, 2.24) is 14.8 Å². The van der Waals surface area contributed by atoms with Crippen LogP contribution >= 0.6 is 11.6 Å². The molecule has 0 unspecified atom stereocenters. The number of amides is 1. The molecule has 3 aromatic rings. The van der Waals surface area contributed by atoms with E-state index in [1.807, 2.05) is 0 Å². The molecule has 0 aliphatic heterocycles. The molecule has 1 aromatic carbocycles. The molecule has 0 aliphatic rings. The Labute approximate surface area is 163 Å². The predicted octanol–water partition coefficient (Wildman–Crippen LogP) is 5.72. The van der Waals surface area contributed by atoms with Crippen LogP contribution in [0.5, 0.6) is 0 Å². The second-order valence-corrected chi connectivity index (χ2v) is 6.14. The molecule has 0 aliphatic carbocycles. The van der Waals surface area contributed by atoms with E-state index in [1.54, 1.807) is 0 Å². The Kier molecular flexibility index (Phi) is 5.26. The number of hydrogen-bond donors (Lipinski definition) is 1. The molecule has 1 amide bonds. The summed E-state index contributed by atoms with van der Waals surface area (Å²) < 4.78 is 77.0. The van der Waals surface area contributed by atoms with Crippen LogP contribution in [0.25, 0.3) is 11.3 Å². The van der Waals surface area contributed by atoms with Crippen LogP contribution < -0.4 is 5.32 Å². The van der Waals surface area contributed by atoms with Gasteiger partial charge in [0.1, 0.15) is 0 Å². The number of halogens is 7. The molecule has 152 valence electrons. The van der Waals surface area contributed by atoms with E-state index in [9.17, 15) is 31.1 Å². The summed E-state index contributed by atoms with van der Waals surface area (Å²) in [7, 11) is 0. The third kappa shape index (κ3) is 4.67. The lowest BCUT2D eigenvalue weighted by Crippen LogP contribution is -2.20. The summed E-state index contributed by atoms with van der Waals surface area (Å²) in [6.45, 7) is 0. The lowest BCUT2D eigenvalue weighted by atomic mass is 10.2. The first-order chi connectivity index (χ1) is 13.4.